The van der Waals surface area contributed by atoms with Gasteiger partial charge in [-0.25, -0.2) is 13.1 Å². The molecule has 1 aromatic rings. The van der Waals surface area contributed by atoms with Gasteiger partial charge in [-0.15, -0.1) is 0 Å². The third kappa shape index (κ3) is 5.97. The average molecular weight is 294 g/mol. The summed E-state index contributed by atoms with van der Waals surface area (Å²) in [5.74, 6) is -0.211. The van der Waals surface area contributed by atoms with Crippen molar-refractivity contribution in [2.24, 2.45) is 0 Å². The Morgan fingerprint density at radius 3 is 2.80 bits per heavy atom. The van der Waals surface area contributed by atoms with E-state index in [0.717, 1.165) is 5.57 Å². The average Bonchev–Trinajstić information content (AvgIpc) is 2.38. The summed E-state index contributed by atoms with van der Waals surface area (Å²) in [6, 6.07) is 8.62. The molecule has 0 unspecified atom stereocenters. The van der Waals surface area contributed by atoms with E-state index in [1.807, 2.05) is 13.0 Å². The molecule has 0 heterocycles. The number of nitrogens with one attached hydrogen (secondary N) is 1. The lowest BCUT2D eigenvalue weighted by Gasteiger charge is -2.08. The molecule has 1 rings (SSSR count). The van der Waals surface area contributed by atoms with Gasteiger partial charge in [-0.3, -0.25) is 0 Å². The number of hydrogen-bond acceptors (Lipinski definition) is 4. The van der Waals surface area contributed by atoms with Gasteiger partial charge in [0.15, 0.2) is 0 Å². The van der Waals surface area contributed by atoms with Gasteiger partial charge in [0.2, 0.25) is 10.0 Å². The maximum absolute atomic E-state index is 11.9. The maximum Gasteiger partial charge on any atom is 0.215 e. The quantitative estimate of drug-likeness (QED) is 0.583. The zero-order chi connectivity index (χ0) is 15.0. The van der Waals surface area contributed by atoms with E-state index in [0.29, 0.717) is 17.7 Å². The minimum atomic E-state index is -3.47. The van der Waals surface area contributed by atoms with Gasteiger partial charge < -0.3 is 4.74 Å². The topological polar surface area (TPSA) is 79.2 Å². The molecule has 0 bridgehead atoms. The molecule has 0 saturated heterocycles. The molecule has 1 N–H and O–H groups in total. The fourth-order valence-corrected chi connectivity index (χ4v) is 2.68. The highest BCUT2D eigenvalue weighted by molar-refractivity contribution is 7.88. The van der Waals surface area contributed by atoms with Crippen LogP contribution in [0, 0.1) is 11.3 Å². The first-order valence-corrected chi connectivity index (χ1v) is 7.77. The first-order valence-electron chi connectivity index (χ1n) is 6.12. The molecule has 0 radical (unpaired) electrons. The number of rotatable bonds is 8. The molecule has 0 atom stereocenters. The van der Waals surface area contributed by atoms with Gasteiger partial charge in [-0.1, -0.05) is 30.4 Å². The number of hydrogen-bond donors (Lipinski definition) is 1. The first-order chi connectivity index (χ1) is 9.44. The molecule has 0 saturated carbocycles. The molecule has 108 valence electrons. The Morgan fingerprint density at radius 2 is 2.15 bits per heavy atom. The summed E-state index contributed by atoms with van der Waals surface area (Å²) in [5, 5.41) is 8.92. The van der Waals surface area contributed by atoms with Crippen LogP contribution in [0.25, 0.3) is 0 Å². The fraction of sp³-hybridized carbons (Fsp3) is 0.357. The monoisotopic (exact) mass is 294 g/mol. The molecular formula is C14H18N2O3S. The minimum Gasteiger partial charge on any atom is -0.376 e. The summed E-state index contributed by atoms with van der Waals surface area (Å²) in [7, 11) is -3.47. The molecule has 0 aliphatic carbocycles. The summed E-state index contributed by atoms with van der Waals surface area (Å²) in [6.07, 6.45) is 0. The highest BCUT2D eigenvalue weighted by atomic mass is 32.2. The molecule has 20 heavy (non-hydrogen) atoms. The predicted molar refractivity (Wildman–Crippen MR) is 77.4 cm³/mol. The van der Waals surface area contributed by atoms with Crippen molar-refractivity contribution < 1.29 is 13.2 Å². The van der Waals surface area contributed by atoms with E-state index in [1.165, 1.54) is 0 Å². The number of benzene rings is 1. The van der Waals surface area contributed by atoms with E-state index < -0.39 is 10.0 Å². The second-order valence-electron chi connectivity index (χ2n) is 4.43. The zero-order valence-electron chi connectivity index (χ0n) is 11.4. The van der Waals surface area contributed by atoms with Gasteiger partial charge in [0.05, 0.1) is 30.6 Å². The highest BCUT2D eigenvalue weighted by Gasteiger charge is 2.13. The van der Waals surface area contributed by atoms with Crippen molar-refractivity contribution in [1.29, 1.82) is 5.26 Å². The smallest absolute Gasteiger partial charge is 0.215 e. The van der Waals surface area contributed by atoms with Crippen molar-refractivity contribution in [1.82, 2.24) is 4.72 Å². The molecule has 0 aliphatic heterocycles. The maximum atomic E-state index is 11.9. The molecule has 0 aliphatic rings. The Morgan fingerprint density at radius 1 is 1.45 bits per heavy atom. The SMILES string of the molecule is C=C(C)COCCNS(=O)(=O)Cc1ccccc1C#N. The number of sulfonamides is 1. The Bertz CT molecular complexity index is 603. The van der Waals surface area contributed by atoms with Crippen LogP contribution in [0.4, 0.5) is 0 Å². The van der Waals surface area contributed by atoms with Crippen molar-refractivity contribution >= 4 is 10.0 Å². The first kappa shape index (κ1) is 16.4. The summed E-state index contributed by atoms with van der Waals surface area (Å²) in [4.78, 5) is 0. The normalized spacial score (nSPS) is 11.0. The third-order valence-corrected chi connectivity index (χ3v) is 3.74. The Labute approximate surface area is 119 Å². The van der Waals surface area contributed by atoms with Crippen LogP contribution in [0.2, 0.25) is 0 Å². The van der Waals surface area contributed by atoms with Crippen LogP contribution in [0.1, 0.15) is 18.1 Å². The third-order valence-electron chi connectivity index (χ3n) is 2.40. The van der Waals surface area contributed by atoms with Crippen LogP contribution in [-0.4, -0.2) is 28.2 Å². The Balaban J connectivity index is 2.50. The fourth-order valence-electron chi connectivity index (χ4n) is 1.53. The van der Waals surface area contributed by atoms with E-state index in [-0.39, 0.29) is 18.9 Å². The lowest BCUT2D eigenvalue weighted by atomic mass is 10.1. The lowest BCUT2D eigenvalue weighted by molar-refractivity contribution is 0.162. The highest BCUT2D eigenvalue weighted by Crippen LogP contribution is 2.10. The van der Waals surface area contributed by atoms with E-state index >= 15 is 0 Å². The van der Waals surface area contributed by atoms with Crippen LogP contribution < -0.4 is 4.72 Å². The van der Waals surface area contributed by atoms with Crippen molar-refractivity contribution in [3.63, 3.8) is 0 Å². The molecular weight excluding hydrogens is 276 g/mol. The summed E-state index contributed by atoms with van der Waals surface area (Å²) < 4.78 is 31.4. The Hall–Kier alpha value is -1.68. The van der Waals surface area contributed by atoms with Gasteiger partial charge in [-0.2, -0.15) is 5.26 Å². The van der Waals surface area contributed by atoms with Crippen LogP contribution in [-0.2, 0) is 20.5 Å². The molecule has 0 spiro atoms. The van der Waals surface area contributed by atoms with Crippen LogP contribution in [0.3, 0.4) is 0 Å². The molecule has 1 aromatic carbocycles. The van der Waals surface area contributed by atoms with Crippen LogP contribution in [0.5, 0.6) is 0 Å². The second-order valence-corrected chi connectivity index (χ2v) is 6.24. The molecule has 6 heteroatoms. The Kier molecular flexibility index (Phi) is 6.39. The number of nitrogens with zero attached hydrogens (tertiary/aromatic N) is 1. The van der Waals surface area contributed by atoms with Crippen molar-refractivity contribution in [3.05, 3.63) is 47.5 Å². The summed E-state index contributed by atoms with van der Waals surface area (Å²) in [6.45, 7) is 6.42. The van der Waals surface area contributed by atoms with Crippen LogP contribution in [0.15, 0.2) is 36.4 Å². The molecule has 0 amide bonds. The molecule has 0 fully saturated rings. The van der Waals surface area contributed by atoms with Gasteiger partial charge >= 0.3 is 0 Å². The van der Waals surface area contributed by atoms with Crippen molar-refractivity contribution in [2.45, 2.75) is 12.7 Å². The molecule has 0 aromatic heterocycles. The largest absolute Gasteiger partial charge is 0.376 e. The standard InChI is InChI=1S/C14H18N2O3S/c1-12(2)10-19-8-7-16-20(17,18)11-14-6-4-3-5-13(14)9-15/h3-6,16H,1,7-8,10-11H2,2H3. The predicted octanol–water partition coefficient (Wildman–Crippen LogP) is 1.57. The second kappa shape index (κ2) is 7.80. The van der Waals surface area contributed by atoms with Crippen molar-refractivity contribution in [3.8, 4) is 6.07 Å². The zero-order valence-corrected chi connectivity index (χ0v) is 12.2. The number of nitriles is 1. The minimum absolute atomic E-state index is 0.199. The lowest BCUT2D eigenvalue weighted by Crippen LogP contribution is -2.29. The van der Waals surface area contributed by atoms with Crippen molar-refractivity contribution in [2.75, 3.05) is 19.8 Å². The number of ether oxygens (including phenoxy) is 1. The van der Waals surface area contributed by atoms with Gasteiger partial charge in [0.1, 0.15) is 0 Å². The summed E-state index contributed by atoms with van der Waals surface area (Å²) in [5.41, 5.74) is 1.75. The van der Waals surface area contributed by atoms with E-state index in [4.69, 9.17) is 10.00 Å². The summed E-state index contributed by atoms with van der Waals surface area (Å²) >= 11 is 0. The van der Waals surface area contributed by atoms with Gasteiger partial charge in [0, 0.05) is 6.54 Å². The van der Waals surface area contributed by atoms with Gasteiger partial charge in [-0.05, 0) is 18.6 Å². The van der Waals surface area contributed by atoms with Gasteiger partial charge in [0.25, 0.3) is 0 Å². The van der Waals surface area contributed by atoms with E-state index in [1.54, 1.807) is 24.3 Å². The van der Waals surface area contributed by atoms with Crippen LogP contribution >= 0.6 is 0 Å². The van der Waals surface area contributed by atoms with E-state index in [9.17, 15) is 8.42 Å². The van der Waals surface area contributed by atoms with E-state index in [2.05, 4.69) is 11.3 Å². The molecule has 5 nitrogen and oxygen atoms in total.